The third-order valence-corrected chi connectivity index (χ3v) is 4.62. The van der Waals surface area contributed by atoms with Crippen LogP contribution in [0.4, 0.5) is 0 Å². The lowest BCUT2D eigenvalue weighted by Crippen LogP contribution is -2.14. The van der Waals surface area contributed by atoms with Crippen molar-refractivity contribution in [2.24, 2.45) is 10.1 Å². The van der Waals surface area contributed by atoms with Crippen LogP contribution in [0.5, 0.6) is 0 Å². The monoisotopic (exact) mass is 305 g/mol. The Morgan fingerprint density at radius 1 is 1.35 bits per heavy atom. The van der Waals surface area contributed by atoms with E-state index in [0.717, 1.165) is 23.3 Å². The van der Waals surface area contributed by atoms with E-state index in [1.165, 1.54) is 10.6 Å². The van der Waals surface area contributed by atoms with E-state index in [1.807, 2.05) is 4.68 Å². The Morgan fingerprint density at radius 3 is 2.75 bits per heavy atom. The van der Waals surface area contributed by atoms with E-state index < -0.39 is 0 Å². The standard InChI is InChI=1S/C15H19N3S2/c1-4-9-16-15-18(17-12(5-2)6-3)13(11-20-15)14-8-7-10-19-14/h4,7-8,10-11H,1,5-6,9H2,2-3H3. The molecule has 0 bridgehead atoms. The van der Waals surface area contributed by atoms with Crippen LogP contribution in [0, 0.1) is 0 Å². The molecule has 0 fully saturated rings. The lowest BCUT2D eigenvalue weighted by Gasteiger charge is -2.04. The van der Waals surface area contributed by atoms with E-state index in [1.54, 1.807) is 28.7 Å². The Morgan fingerprint density at radius 2 is 2.15 bits per heavy atom. The zero-order valence-electron chi connectivity index (χ0n) is 11.9. The first kappa shape index (κ1) is 14.9. The minimum absolute atomic E-state index is 0.619. The van der Waals surface area contributed by atoms with Gasteiger partial charge >= 0.3 is 0 Å². The summed E-state index contributed by atoms with van der Waals surface area (Å²) in [7, 11) is 0. The van der Waals surface area contributed by atoms with Gasteiger partial charge in [-0.1, -0.05) is 26.0 Å². The van der Waals surface area contributed by atoms with Gasteiger partial charge in [-0.05, 0) is 24.3 Å². The summed E-state index contributed by atoms with van der Waals surface area (Å²) in [6.45, 7) is 8.62. The second-order valence-corrected chi connectivity index (χ2v) is 5.98. The van der Waals surface area contributed by atoms with Crippen LogP contribution in [0.1, 0.15) is 26.7 Å². The van der Waals surface area contributed by atoms with Crippen molar-refractivity contribution in [2.45, 2.75) is 26.7 Å². The van der Waals surface area contributed by atoms with Crippen LogP contribution < -0.4 is 4.80 Å². The molecule has 0 spiro atoms. The zero-order valence-corrected chi connectivity index (χ0v) is 13.5. The van der Waals surface area contributed by atoms with Crippen molar-refractivity contribution in [3.05, 3.63) is 40.3 Å². The first-order valence-electron chi connectivity index (χ1n) is 6.72. The van der Waals surface area contributed by atoms with Crippen LogP contribution in [-0.4, -0.2) is 16.9 Å². The van der Waals surface area contributed by atoms with Gasteiger partial charge in [-0.2, -0.15) is 5.10 Å². The van der Waals surface area contributed by atoms with Crippen LogP contribution in [0.3, 0.4) is 0 Å². The third kappa shape index (κ3) is 3.35. The van der Waals surface area contributed by atoms with Gasteiger partial charge in [0.05, 0.1) is 17.1 Å². The summed E-state index contributed by atoms with van der Waals surface area (Å²) < 4.78 is 1.97. The molecule has 0 saturated carbocycles. The Bertz CT molecular complexity index is 639. The van der Waals surface area contributed by atoms with Gasteiger partial charge in [0.25, 0.3) is 0 Å². The van der Waals surface area contributed by atoms with Crippen molar-refractivity contribution in [3.63, 3.8) is 0 Å². The Balaban J connectivity index is 2.57. The predicted octanol–water partition coefficient (Wildman–Crippen LogP) is 4.39. The van der Waals surface area contributed by atoms with Gasteiger partial charge in [0, 0.05) is 11.1 Å². The van der Waals surface area contributed by atoms with E-state index in [2.05, 4.69) is 48.3 Å². The number of hydrogen-bond acceptors (Lipinski definition) is 4. The summed E-state index contributed by atoms with van der Waals surface area (Å²) in [5.41, 5.74) is 2.30. The van der Waals surface area contributed by atoms with Crippen LogP contribution >= 0.6 is 22.7 Å². The molecule has 0 amide bonds. The normalized spacial score (nSPS) is 11.6. The molecule has 5 heteroatoms. The van der Waals surface area contributed by atoms with E-state index >= 15 is 0 Å². The average molecular weight is 305 g/mol. The molecule has 0 aliphatic rings. The maximum absolute atomic E-state index is 4.79. The van der Waals surface area contributed by atoms with Crippen molar-refractivity contribution in [2.75, 3.05) is 6.54 Å². The second-order valence-electron chi connectivity index (χ2n) is 4.20. The Hall–Kier alpha value is -1.46. The first-order chi connectivity index (χ1) is 9.80. The van der Waals surface area contributed by atoms with Crippen molar-refractivity contribution in [1.29, 1.82) is 0 Å². The molecule has 0 radical (unpaired) electrons. The highest BCUT2D eigenvalue weighted by molar-refractivity contribution is 7.14. The molecule has 0 saturated heterocycles. The fourth-order valence-corrected chi connectivity index (χ4v) is 3.41. The van der Waals surface area contributed by atoms with Gasteiger partial charge in [-0.3, -0.25) is 4.99 Å². The number of rotatable bonds is 6. The summed E-state index contributed by atoms with van der Waals surface area (Å²) in [5, 5.41) is 9.00. The van der Waals surface area contributed by atoms with Crippen LogP contribution in [0.2, 0.25) is 0 Å². The molecule has 2 aromatic rings. The van der Waals surface area contributed by atoms with Gasteiger partial charge in [0.1, 0.15) is 0 Å². The van der Waals surface area contributed by atoms with Gasteiger partial charge in [-0.25, -0.2) is 4.68 Å². The molecule has 0 unspecified atom stereocenters. The zero-order chi connectivity index (χ0) is 14.4. The number of thiazole rings is 1. The SMILES string of the molecule is C=CCN=c1scc(-c2cccs2)n1N=C(CC)CC. The lowest BCUT2D eigenvalue weighted by atomic mass is 10.2. The van der Waals surface area contributed by atoms with Crippen LogP contribution in [0.15, 0.2) is 45.6 Å². The molecule has 2 heterocycles. The molecule has 3 nitrogen and oxygen atoms in total. The molecule has 0 aliphatic carbocycles. The van der Waals surface area contributed by atoms with E-state index in [9.17, 15) is 0 Å². The van der Waals surface area contributed by atoms with Gasteiger partial charge in [0.2, 0.25) is 4.80 Å². The summed E-state index contributed by atoms with van der Waals surface area (Å²) in [5.74, 6) is 0. The first-order valence-corrected chi connectivity index (χ1v) is 8.48. The molecular weight excluding hydrogens is 286 g/mol. The summed E-state index contributed by atoms with van der Waals surface area (Å²) in [6, 6.07) is 4.18. The number of nitrogens with zero attached hydrogens (tertiary/aromatic N) is 3. The lowest BCUT2D eigenvalue weighted by molar-refractivity contribution is 0.823. The second kappa shape index (κ2) is 7.36. The summed E-state index contributed by atoms with van der Waals surface area (Å²) >= 11 is 3.35. The predicted molar refractivity (Wildman–Crippen MR) is 89.7 cm³/mol. The Kier molecular flexibility index (Phi) is 5.49. The molecule has 0 atom stereocenters. The highest BCUT2D eigenvalue weighted by Gasteiger charge is 2.08. The third-order valence-electron chi connectivity index (χ3n) is 2.87. The molecule has 20 heavy (non-hydrogen) atoms. The average Bonchev–Trinajstić information content (AvgIpc) is 3.11. The quantitative estimate of drug-likeness (QED) is 0.560. The highest BCUT2D eigenvalue weighted by atomic mass is 32.1. The van der Waals surface area contributed by atoms with Crippen molar-refractivity contribution in [3.8, 4) is 10.6 Å². The van der Waals surface area contributed by atoms with Crippen molar-refractivity contribution in [1.82, 2.24) is 4.68 Å². The fourth-order valence-electron chi connectivity index (χ4n) is 1.77. The van der Waals surface area contributed by atoms with E-state index in [0.29, 0.717) is 6.54 Å². The van der Waals surface area contributed by atoms with E-state index in [4.69, 9.17) is 5.10 Å². The summed E-state index contributed by atoms with van der Waals surface area (Å²) in [6.07, 6.45) is 3.73. The molecule has 0 aliphatic heterocycles. The molecule has 2 aromatic heterocycles. The minimum Gasteiger partial charge on any atom is -0.253 e. The fraction of sp³-hybridized carbons (Fsp3) is 0.333. The maximum atomic E-state index is 4.79. The largest absolute Gasteiger partial charge is 0.253 e. The Labute approximate surface area is 127 Å². The number of aromatic nitrogens is 1. The van der Waals surface area contributed by atoms with Crippen molar-refractivity contribution >= 4 is 28.4 Å². The smallest absolute Gasteiger partial charge is 0.206 e. The topological polar surface area (TPSA) is 29.6 Å². The van der Waals surface area contributed by atoms with E-state index in [-0.39, 0.29) is 0 Å². The van der Waals surface area contributed by atoms with Crippen LogP contribution in [0.25, 0.3) is 10.6 Å². The minimum atomic E-state index is 0.619. The van der Waals surface area contributed by atoms with Crippen LogP contribution in [-0.2, 0) is 0 Å². The van der Waals surface area contributed by atoms with Gasteiger partial charge < -0.3 is 0 Å². The maximum Gasteiger partial charge on any atom is 0.206 e. The van der Waals surface area contributed by atoms with Crippen molar-refractivity contribution < 1.29 is 0 Å². The number of thiophene rings is 1. The molecule has 0 aromatic carbocycles. The molecule has 2 rings (SSSR count). The molecular formula is C15H19N3S2. The summed E-state index contributed by atoms with van der Waals surface area (Å²) in [4.78, 5) is 6.68. The van der Waals surface area contributed by atoms with Gasteiger partial charge in [0.15, 0.2) is 0 Å². The number of hydrogen-bond donors (Lipinski definition) is 0. The van der Waals surface area contributed by atoms with Gasteiger partial charge in [-0.15, -0.1) is 29.3 Å². The highest BCUT2D eigenvalue weighted by Crippen LogP contribution is 2.25. The molecule has 0 N–H and O–H groups in total. The molecule has 106 valence electrons.